The Morgan fingerprint density at radius 2 is 1.72 bits per heavy atom. The molecule has 0 radical (unpaired) electrons. The van der Waals surface area contributed by atoms with Gasteiger partial charge in [-0.1, -0.05) is 54.2 Å². The van der Waals surface area contributed by atoms with Gasteiger partial charge < -0.3 is 4.90 Å². The molecule has 0 aliphatic carbocycles. The largest absolute Gasteiger partial charge is 0.339 e. The van der Waals surface area contributed by atoms with Crippen molar-refractivity contribution in [2.45, 2.75) is 18.6 Å². The molecule has 0 bridgehead atoms. The Balaban J connectivity index is 1.24. The maximum Gasteiger partial charge on any atom is 0.233 e. The van der Waals surface area contributed by atoms with Crippen molar-refractivity contribution in [2.24, 2.45) is 0 Å². The maximum atomic E-state index is 12.6. The number of aromatic nitrogens is 3. The third kappa shape index (κ3) is 5.05. The summed E-state index contributed by atoms with van der Waals surface area (Å²) in [6.07, 6.45) is 1.69. The van der Waals surface area contributed by atoms with Crippen LogP contribution < -0.4 is 0 Å². The van der Waals surface area contributed by atoms with Crippen LogP contribution in [0, 0.1) is 6.92 Å². The molecule has 0 unspecified atom stereocenters. The van der Waals surface area contributed by atoms with Crippen LogP contribution in [0.5, 0.6) is 0 Å². The lowest BCUT2D eigenvalue weighted by Gasteiger charge is -2.35. The predicted molar refractivity (Wildman–Crippen MR) is 115 cm³/mol. The molecule has 0 atom stereocenters. The number of para-hydroxylation sites is 1. The smallest absolute Gasteiger partial charge is 0.233 e. The SMILES string of the molecule is Cc1ccccc1CN1CCN(C(=O)CSc2ncn(-c3ccccc3)n2)CC1. The molecule has 29 heavy (non-hydrogen) atoms. The van der Waals surface area contributed by atoms with E-state index in [1.807, 2.05) is 35.2 Å². The number of hydrogen-bond donors (Lipinski definition) is 0. The number of aryl methyl sites for hydroxylation is 1. The van der Waals surface area contributed by atoms with Crippen LogP contribution >= 0.6 is 11.8 Å². The van der Waals surface area contributed by atoms with Gasteiger partial charge >= 0.3 is 0 Å². The second-order valence-electron chi connectivity index (χ2n) is 7.18. The predicted octanol–water partition coefficient (Wildman–Crippen LogP) is 3.01. The number of rotatable bonds is 6. The Kier molecular flexibility index (Phi) is 6.27. The first kappa shape index (κ1) is 19.7. The van der Waals surface area contributed by atoms with Crippen LogP contribution in [-0.4, -0.2) is 62.4 Å². The van der Waals surface area contributed by atoms with Crippen molar-refractivity contribution in [3.63, 3.8) is 0 Å². The zero-order chi connectivity index (χ0) is 20.1. The van der Waals surface area contributed by atoms with Crippen LogP contribution in [0.4, 0.5) is 0 Å². The molecular formula is C22H25N5OS. The molecule has 2 heterocycles. The molecule has 6 nitrogen and oxygen atoms in total. The summed E-state index contributed by atoms with van der Waals surface area (Å²) < 4.78 is 1.73. The van der Waals surface area contributed by atoms with Gasteiger partial charge in [-0.2, -0.15) is 0 Å². The first-order chi connectivity index (χ1) is 14.2. The summed E-state index contributed by atoms with van der Waals surface area (Å²) in [5.41, 5.74) is 3.65. The van der Waals surface area contributed by atoms with Gasteiger partial charge in [0.25, 0.3) is 0 Å². The summed E-state index contributed by atoms with van der Waals surface area (Å²) in [5, 5.41) is 5.08. The molecule has 1 aromatic heterocycles. The lowest BCUT2D eigenvalue weighted by atomic mass is 10.1. The molecule has 4 rings (SSSR count). The normalized spacial score (nSPS) is 14.9. The third-order valence-corrected chi connectivity index (χ3v) is 6.03. The van der Waals surface area contributed by atoms with Gasteiger partial charge in [-0.15, -0.1) is 5.10 Å². The molecule has 7 heteroatoms. The number of carbonyl (C=O) groups is 1. The zero-order valence-electron chi connectivity index (χ0n) is 16.6. The second kappa shape index (κ2) is 9.24. The first-order valence-corrected chi connectivity index (χ1v) is 10.8. The van der Waals surface area contributed by atoms with Gasteiger partial charge in [0.2, 0.25) is 11.1 Å². The number of nitrogens with zero attached hydrogens (tertiary/aromatic N) is 5. The highest BCUT2D eigenvalue weighted by Gasteiger charge is 2.21. The number of hydrogen-bond acceptors (Lipinski definition) is 5. The van der Waals surface area contributed by atoms with Crippen molar-refractivity contribution in [3.05, 3.63) is 72.1 Å². The summed E-state index contributed by atoms with van der Waals surface area (Å²) in [5.74, 6) is 0.526. The minimum atomic E-state index is 0.154. The summed E-state index contributed by atoms with van der Waals surface area (Å²) in [6, 6.07) is 18.4. The van der Waals surface area contributed by atoms with Gasteiger partial charge in [-0.3, -0.25) is 9.69 Å². The fraction of sp³-hybridized carbons (Fsp3) is 0.318. The van der Waals surface area contributed by atoms with Crippen LogP contribution in [0.15, 0.2) is 66.1 Å². The van der Waals surface area contributed by atoms with E-state index in [1.54, 1.807) is 11.0 Å². The van der Waals surface area contributed by atoms with Gasteiger partial charge in [0.05, 0.1) is 11.4 Å². The highest BCUT2D eigenvalue weighted by Crippen LogP contribution is 2.17. The number of thioether (sulfide) groups is 1. The van der Waals surface area contributed by atoms with Crippen molar-refractivity contribution in [1.82, 2.24) is 24.6 Å². The fourth-order valence-electron chi connectivity index (χ4n) is 3.42. The number of piperazine rings is 1. The van der Waals surface area contributed by atoms with Gasteiger partial charge in [0.1, 0.15) is 6.33 Å². The quantitative estimate of drug-likeness (QED) is 0.588. The van der Waals surface area contributed by atoms with Crippen molar-refractivity contribution in [2.75, 3.05) is 31.9 Å². The Morgan fingerprint density at radius 1 is 1.00 bits per heavy atom. The molecule has 1 fully saturated rings. The van der Waals surface area contributed by atoms with Crippen molar-refractivity contribution in [3.8, 4) is 5.69 Å². The Morgan fingerprint density at radius 3 is 2.48 bits per heavy atom. The Bertz CT molecular complexity index is 951. The van der Waals surface area contributed by atoms with Crippen LogP contribution in [0.2, 0.25) is 0 Å². The zero-order valence-corrected chi connectivity index (χ0v) is 17.4. The lowest BCUT2D eigenvalue weighted by molar-refractivity contribution is -0.130. The number of amides is 1. The molecule has 3 aromatic rings. The topological polar surface area (TPSA) is 54.3 Å². The van der Waals surface area contributed by atoms with E-state index >= 15 is 0 Å². The third-order valence-electron chi connectivity index (χ3n) is 5.20. The molecule has 1 aliphatic heterocycles. The Labute approximate surface area is 175 Å². The monoisotopic (exact) mass is 407 g/mol. The van der Waals surface area contributed by atoms with Crippen LogP contribution in [0.1, 0.15) is 11.1 Å². The molecular weight excluding hydrogens is 382 g/mol. The van der Waals surface area contributed by atoms with Crippen molar-refractivity contribution in [1.29, 1.82) is 0 Å². The molecule has 0 saturated carbocycles. The van der Waals surface area contributed by atoms with Crippen LogP contribution in [0.3, 0.4) is 0 Å². The highest BCUT2D eigenvalue weighted by molar-refractivity contribution is 7.99. The number of carbonyl (C=O) groups excluding carboxylic acids is 1. The van der Waals surface area contributed by atoms with E-state index in [9.17, 15) is 4.79 Å². The van der Waals surface area contributed by atoms with E-state index in [0.29, 0.717) is 10.9 Å². The van der Waals surface area contributed by atoms with Gasteiger partial charge in [0.15, 0.2) is 0 Å². The van der Waals surface area contributed by atoms with E-state index in [2.05, 4.69) is 46.2 Å². The maximum absolute atomic E-state index is 12.6. The molecule has 1 aliphatic rings. The minimum Gasteiger partial charge on any atom is -0.339 e. The van der Waals surface area contributed by atoms with Crippen LogP contribution in [0.25, 0.3) is 5.69 Å². The standard InChI is InChI=1S/C22H25N5OS/c1-18-7-5-6-8-19(18)15-25-11-13-26(14-12-25)21(28)16-29-22-23-17-27(24-22)20-9-3-2-4-10-20/h2-10,17H,11-16H2,1H3. The van der Waals surface area contributed by atoms with Gasteiger partial charge in [0, 0.05) is 32.7 Å². The van der Waals surface area contributed by atoms with Crippen molar-refractivity contribution < 1.29 is 4.79 Å². The van der Waals surface area contributed by atoms with Gasteiger partial charge in [-0.05, 0) is 30.2 Å². The van der Waals surface area contributed by atoms with E-state index < -0.39 is 0 Å². The van der Waals surface area contributed by atoms with E-state index in [0.717, 1.165) is 38.4 Å². The second-order valence-corrected chi connectivity index (χ2v) is 8.12. The first-order valence-electron chi connectivity index (χ1n) is 9.83. The van der Waals surface area contributed by atoms with E-state index in [4.69, 9.17) is 0 Å². The van der Waals surface area contributed by atoms with Crippen molar-refractivity contribution >= 4 is 17.7 Å². The molecule has 0 spiro atoms. The highest BCUT2D eigenvalue weighted by atomic mass is 32.2. The van der Waals surface area contributed by atoms with Gasteiger partial charge in [-0.25, -0.2) is 9.67 Å². The average Bonchev–Trinajstić information content (AvgIpc) is 3.24. The van der Waals surface area contributed by atoms with E-state index in [-0.39, 0.29) is 5.91 Å². The summed E-state index contributed by atoms with van der Waals surface area (Å²) in [6.45, 7) is 6.47. The fourth-order valence-corrected chi connectivity index (χ4v) is 4.12. The van der Waals surface area contributed by atoms with Crippen LogP contribution in [-0.2, 0) is 11.3 Å². The summed E-state index contributed by atoms with van der Waals surface area (Å²) >= 11 is 1.40. The van der Waals surface area contributed by atoms with E-state index in [1.165, 1.54) is 22.9 Å². The molecule has 0 N–H and O–H groups in total. The molecule has 150 valence electrons. The summed E-state index contributed by atoms with van der Waals surface area (Å²) in [4.78, 5) is 21.3. The molecule has 1 saturated heterocycles. The lowest BCUT2D eigenvalue weighted by Crippen LogP contribution is -2.48. The minimum absolute atomic E-state index is 0.154. The molecule has 1 amide bonds. The summed E-state index contributed by atoms with van der Waals surface area (Å²) in [7, 11) is 0. The average molecular weight is 408 g/mol. The molecule has 2 aromatic carbocycles. The Hall–Kier alpha value is -2.64. The number of benzene rings is 2.